The van der Waals surface area contributed by atoms with E-state index in [1.807, 2.05) is 0 Å². The second-order valence-corrected chi connectivity index (χ2v) is 6.34. The fraction of sp³-hybridized carbons (Fsp3) is 0.750. The number of aliphatic hydroxyl groups is 1. The summed E-state index contributed by atoms with van der Waals surface area (Å²) in [4.78, 5) is 10.7. The van der Waals surface area contributed by atoms with Gasteiger partial charge in [0.05, 0.1) is 32.0 Å². The Hall–Kier alpha value is -1.44. The van der Waals surface area contributed by atoms with Crippen LogP contribution in [0.4, 0.5) is 0 Å². The Balaban J connectivity index is 1.66. The number of nitrogens with zero attached hydrogens (tertiary/aromatic N) is 3. The average molecular weight is 323 g/mol. The molecule has 2 aliphatic rings. The summed E-state index contributed by atoms with van der Waals surface area (Å²) in [6, 6.07) is 0.243. The Bertz CT molecular complexity index is 526. The maximum atomic E-state index is 11.0. The molecule has 3 rings (SSSR count). The van der Waals surface area contributed by atoms with Gasteiger partial charge in [0, 0.05) is 32.4 Å². The molecule has 7 heteroatoms. The molecule has 23 heavy (non-hydrogen) atoms. The van der Waals surface area contributed by atoms with E-state index >= 15 is 0 Å². The third-order valence-corrected chi connectivity index (χ3v) is 4.83. The van der Waals surface area contributed by atoms with Crippen molar-refractivity contribution in [2.75, 3.05) is 47.1 Å². The summed E-state index contributed by atoms with van der Waals surface area (Å²) in [5.41, 5.74) is -0.301. The monoisotopic (exact) mass is 323 g/mol. The van der Waals surface area contributed by atoms with Crippen LogP contribution in [0.5, 0.6) is 11.9 Å². The Morgan fingerprint density at radius 1 is 1.35 bits per heavy atom. The molecule has 0 aromatic carbocycles. The van der Waals surface area contributed by atoms with Crippen LogP contribution in [0.1, 0.15) is 24.8 Å². The molecule has 7 nitrogen and oxygen atoms in total. The van der Waals surface area contributed by atoms with E-state index in [1.165, 1.54) is 7.11 Å². The number of aromatic nitrogens is 2. The van der Waals surface area contributed by atoms with Crippen LogP contribution in [0.25, 0.3) is 0 Å². The molecule has 0 unspecified atom stereocenters. The topological polar surface area (TPSA) is 76.9 Å². The first-order chi connectivity index (χ1) is 11.1. The molecule has 3 heterocycles. The zero-order chi connectivity index (χ0) is 16.3. The van der Waals surface area contributed by atoms with Crippen molar-refractivity contribution in [2.45, 2.75) is 24.9 Å². The van der Waals surface area contributed by atoms with E-state index in [9.17, 15) is 5.11 Å². The van der Waals surface area contributed by atoms with E-state index < -0.39 is 5.60 Å². The lowest BCUT2D eigenvalue weighted by Gasteiger charge is -2.39. The first-order valence-corrected chi connectivity index (χ1v) is 8.12. The normalized spacial score (nSPS) is 24.6. The lowest BCUT2D eigenvalue weighted by molar-refractivity contribution is -0.0312. The third kappa shape index (κ3) is 3.57. The summed E-state index contributed by atoms with van der Waals surface area (Å²) < 4.78 is 15.8. The molecule has 0 bridgehead atoms. The molecular weight excluding hydrogens is 298 g/mol. The van der Waals surface area contributed by atoms with Crippen molar-refractivity contribution in [3.63, 3.8) is 0 Å². The minimum atomic E-state index is -0.944. The largest absolute Gasteiger partial charge is 0.481 e. The first kappa shape index (κ1) is 16.4. The Morgan fingerprint density at radius 2 is 2.13 bits per heavy atom. The van der Waals surface area contributed by atoms with Crippen molar-refractivity contribution >= 4 is 0 Å². The van der Waals surface area contributed by atoms with Gasteiger partial charge in [0.1, 0.15) is 0 Å². The molecule has 1 aromatic heterocycles. The highest BCUT2D eigenvalue weighted by Crippen LogP contribution is 2.37. The van der Waals surface area contributed by atoms with Gasteiger partial charge in [-0.15, -0.1) is 0 Å². The Morgan fingerprint density at radius 3 is 2.74 bits per heavy atom. The lowest BCUT2D eigenvalue weighted by atomic mass is 9.85. The highest BCUT2D eigenvalue weighted by atomic mass is 16.5. The molecule has 1 aromatic rings. The molecule has 1 atom stereocenters. The van der Waals surface area contributed by atoms with Gasteiger partial charge in [-0.2, -0.15) is 4.98 Å². The molecule has 0 saturated carbocycles. The van der Waals surface area contributed by atoms with Crippen LogP contribution in [0.2, 0.25) is 0 Å². The van der Waals surface area contributed by atoms with Crippen molar-refractivity contribution in [3.8, 4) is 11.9 Å². The van der Waals surface area contributed by atoms with Gasteiger partial charge >= 0.3 is 6.01 Å². The molecular formula is C16H25N3O4. The van der Waals surface area contributed by atoms with Crippen molar-refractivity contribution in [1.29, 1.82) is 0 Å². The van der Waals surface area contributed by atoms with Gasteiger partial charge in [0.2, 0.25) is 5.88 Å². The van der Waals surface area contributed by atoms with Crippen LogP contribution in [0.3, 0.4) is 0 Å². The average Bonchev–Trinajstić information content (AvgIpc) is 3.09. The number of ether oxygens (including phenoxy) is 3. The fourth-order valence-corrected chi connectivity index (χ4v) is 3.39. The smallest absolute Gasteiger partial charge is 0.319 e. The summed E-state index contributed by atoms with van der Waals surface area (Å²) in [5.74, 6) is 1.01. The van der Waals surface area contributed by atoms with E-state index in [4.69, 9.17) is 14.2 Å². The third-order valence-electron chi connectivity index (χ3n) is 4.83. The lowest BCUT2D eigenvalue weighted by Crippen LogP contribution is -2.44. The quantitative estimate of drug-likeness (QED) is 0.859. The van der Waals surface area contributed by atoms with Crippen molar-refractivity contribution < 1.29 is 19.3 Å². The van der Waals surface area contributed by atoms with Gasteiger partial charge in [-0.25, -0.2) is 4.98 Å². The second kappa shape index (κ2) is 6.98. The summed E-state index contributed by atoms with van der Waals surface area (Å²) in [7, 11) is 3.05. The van der Waals surface area contributed by atoms with Gasteiger partial charge in [-0.05, 0) is 25.2 Å². The number of piperidine rings is 1. The second-order valence-electron chi connectivity index (χ2n) is 6.34. The standard InChI is InChI=1S/C16H25N3O4/c1-21-14-13(9-17-15(18-14)22-2)16(20)4-6-19(7-5-16)10-12-3-8-23-11-12/h9,12,20H,3-8,10-11H2,1-2H3/t12-/m0/s1. The molecule has 0 amide bonds. The van der Waals surface area contributed by atoms with Gasteiger partial charge in [-0.1, -0.05) is 0 Å². The van der Waals surface area contributed by atoms with Crippen LogP contribution in [-0.2, 0) is 10.3 Å². The summed E-state index contributed by atoms with van der Waals surface area (Å²) in [6.07, 6.45) is 4.05. The van der Waals surface area contributed by atoms with E-state index in [-0.39, 0.29) is 6.01 Å². The number of methoxy groups -OCH3 is 2. The molecule has 2 aliphatic heterocycles. The summed E-state index contributed by atoms with van der Waals surface area (Å²) in [6.45, 7) is 4.49. The highest BCUT2D eigenvalue weighted by molar-refractivity contribution is 5.31. The van der Waals surface area contributed by atoms with Crippen LogP contribution in [0.15, 0.2) is 6.20 Å². The van der Waals surface area contributed by atoms with E-state index in [2.05, 4.69) is 14.9 Å². The number of rotatable bonds is 5. The summed E-state index contributed by atoms with van der Waals surface area (Å²) >= 11 is 0. The summed E-state index contributed by atoms with van der Waals surface area (Å²) in [5, 5.41) is 11.0. The zero-order valence-corrected chi connectivity index (χ0v) is 13.8. The van der Waals surface area contributed by atoms with Crippen molar-refractivity contribution in [2.24, 2.45) is 5.92 Å². The number of likely N-dealkylation sites (tertiary alicyclic amines) is 1. The van der Waals surface area contributed by atoms with E-state index in [1.54, 1.807) is 13.3 Å². The Kier molecular flexibility index (Phi) is 4.99. The van der Waals surface area contributed by atoms with Gasteiger partial charge < -0.3 is 24.2 Å². The maximum absolute atomic E-state index is 11.0. The van der Waals surface area contributed by atoms with E-state index in [0.29, 0.717) is 30.2 Å². The van der Waals surface area contributed by atoms with Gasteiger partial charge in [-0.3, -0.25) is 0 Å². The van der Waals surface area contributed by atoms with Gasteiger partial charge in [0.15, 0.2) is 0 Å². The molecule has 0 radical (unpaired) electrons. The predicted octanol–water partition coefficient (Wildman–Crippen LogP) is 0.814. The molecule has 1 N–H and O–H groups in total. The molecule has 0 aliphatic carbocycles. The molecule has 2 fully saturated rings. The van der Waals surface area contributed by atoms with Crippen LogP contribution in [-0.4, -0.2) is 67.0 Å². The molecule has 128 valence electrons. The van der Waals surface area contributed by atoms with Crippen molar-refractivity contribution in [1.82, 2.24) is 14.9 Å². The Labute approximate surface area is 136 Å². The van der Waals surface area contributed by atoms with Crippen molar-refractivity contribution in [3.05, 3.63) is 11.8 Å². The molecule has 2 saturated heterocycles. The number of hydrogen-bond acceptors (Lipinski definition) is 7. The molecule has 0 spiro atoms. The maximum Gasteiger partial charge on any atom is 0.319 e. The van der Waals surface area contributed by atoms with Crippen LogP contribution < -0.4 is 9.47 Å². The minimum Gasteiger partial charge on any atom is -0.481 e. The minimum absolute atomic E-state index is 0.243. The van der Waals surface area contributed by atoms with Gasteiger partial charge in [0.25, 0.3) is 0 Å². The van der Waals surface area contributed by atoms with Crippen LogP contribution in [0, 0.1) is 5.92 Å². The predicted molar refractivity (Wildman–Crippen MR) is 83.6 cm³/mol. The highest BCUT2D eigenvalue weighted by Gasteiger charge is 2.38. The number of hydrogen-bond donors (Lipinski definition) is 1. The van der Waals surface area contributed by atoms with Crippen LogP contribution >= 0.6 is 0 Å². The first-order valence-electron chi connectivity index (χ1n) is 8.12. The SMILES string of the molecule is COc1ncc(C2(O)CCN(C[C@@H]3CCOC3)CC2)c(OC)n1. The fourth-order valence-electron chi connectivity index (χ4n) is 3.39. The van der Waals surface area contributed by atoms with E-state index in [0.717, 1.165) is 39.3 Å². The zero-order valence-electron chi connectivity index (χ0n) is 13.8.